The van der Waals surface area contributed by atoms with E-state index in [0.29, 0.717) is 19.4 Å². The molecule has 2 N–H and O–H groups in total. The van der Waals surface area contributed by atoms with Gasteiger partial charge in [-0.15, -0.1) is 24.0 Å². The van der Waals surface area contributed by atoms with Crippen molar-refractivity contribution < 1.29 is 9.47 Å². The van der Waals surface area contributed by atoms with Crippen LogP contribution in [0.5, 0.6) is 11.5 Å². The van der Waals surface area contributed by atoms with Crippen LogP contribution in [-0.2, 0) is 6.54 Å². The molecule has 24 heavy (non-hydrogen) atoms. The zero-order valence-corrected chi connectivity index (χ0v) is 16.7. The number of likely N-dealkylation sites (tertiary alicyclic amines) is 1. The first kappa shape index (κ1) is 19.1. The summed E-state index contributed by atoms with van der Waals surface area (Å²) in [7, 11) is 2.19. The molecule has 2 aliphatic rings. The molecule has 134 valence electrons. The smallest absolute Gasteiger partial charge is 0.231 e. The Hall–Kier alpha value is -1.22. The summed E-state index contributed by atoms with van der Waals surface area (Å²) in [6, 6.07) is 6.58. The fourth-order valence-corrected chi connectivity index (χ4v) is 3.00. The minimum Gasteiger partial charge on any atom is -0.454 e. The third-order valence-corrected chi connectivity index (χ3v) is 4.38. The predicted octanol–water partition coefficient (Wildman–Crippen LogP) is 2.18. The molecule has 0 spiro atoms. The number of rotatable bonds is 5. The zero-order chi connectivity index (χ0) is 16.1. The molecule has 0 aromatic heterocycles. The highest BCUT2D eigenvalue weighted by Crippen LogP contribution is 2.32. The van der Waals surface area contributed by atoms with E-state index in [1.54, 1.807) is 0 Å². The summed E-state index contributed by atoms with van der Waals surface area (Å²) in [6.45, 7) is 5.99. The van der Waals surface area contributed by atoms with Gasteiger partial charge in [0.1, 0.15) is 0 Å². The molecule has 0 saturated carbocycles. The van der Waals surface area contributed by atoms with E-state index >= 15 is 0 Å². The fourth-order valence-electron chi connectivity index (χ4n) is 3.00. The van der Waals surface area contributed by atoms with Crippen LogP contribution in [0.15, 0.2) is 23.2 Å². The molecular weight excluding hydrogens is 419 g/mol. The lowest BCUT2D eigenvalue weighted by molar-refractivity contribution is 0.174. The minimum absolute atomic E-state index is 0. The Balaban J connectivity index is 0.00000208. The highest BCUT2D eigenvalue weighted by Gasteiger charge is 2.20. The van der Waals surface area contributed by atoms with Crippen molar-refractivity contribution in [2.45, 2.75) is 32.4 Å². The van der Waals surface area contributed by atoms with Crippen molar-refractivity contribution in [3.8, 4) is 11.5 Å². The summed E-state index contributed by atoms with van der Waals surface area (Å²) in [4.78, 5) is 7.09. The monoisotopic (exact) mass is 446 g/mol. The summed E-state index contributed by atoms with van der Waals surface area (Å²) in [5.74, 6) is 2.49. The molecule has 7 heteroatoms. The van der Waals surface area contributed by atoms with Crippen LogP contribution in [0.1, 0.15) is 25.3 Å². The van der Waals surface area contributed by atoms with Crippen molar-refractivity contribution in [1.82, 2.24) is 15.5 Å². The summed E-state index contributed by atoms with van der Waals surface area (Å²) in [5, 5.41) is 6.77. The molecule has 1 fully saturated rings. The van der Waals surface area contributed by atoms with Gasteiger partial charge in [-0.1, -0.05) is 6.07 Å². The fraction of sp³-hybridized carbons (Fsp3) is 0.588. The second-order valence-electron chi connectivity index (χ2n) is 6.04. The number of guanidine groups is 1. The standard InChI is InChI=1S/C17H26N4O2.HI/c1-3-18-17(20-11-14-5-4-8-21(14)2)19-10-13-6-7-15-16(9-13)23-12-22-15;/h6-7,9,14H,3-5,8,10-12H2,1-2H3,(H2,18,19,20);1H. The Kier molecular flexibility index (Phi) is 7.41. The first-order valence-electron chi connectivity index (χ1n) is 8.37. The average molecular weight is 446 g/mol. The molecule has 2 heterocycles. The van der Waals surface area contributed by atoms with Crippen molar-refractivity contribution in [2.24, 2.45) is 4.99 Å². The van der Waals surface area contributed by atoms with E-state index in [1.807, 2.05) is 18.2 Å². The normalized spacial score (nSPS) is 19.9. The Morgan fingerprint density at radius 2 is 2.12 bits per heavy atom. The highest BCUT2D eigenvalue weighted by molar-refractivity contribution is 14.0. The molecule has 1 aromatic rings. The number of likely N-dealkylation sites (N-methyl/N-ethyl adjacent to an activating group) is 1. The lowest BCUT2D eigenvalue weighted by Crippen LogP contribution is -2.44. The van der Waals surface area contributed by atoms with Crippen LogP contribution in [0.25, 0.3) is 0 Å². The summed E-state index contributed by atoms with van der Waals surface area (Å²) in [5.41, 5.74) is 1.12. The minimum atomic E-state index is 0. The van der Waals surface area contributed by atoms with Crippen molar-refractivity contribution in [2.75, 3.05) is 33.5 Å². The molecule has 0 aliphatic carbocycles. The molecule has 2 aliphatic heterocycles. The van der Waals surface area contributed by atoms with Gasteiger partial charge in [-0.3, -0.25) is 0 Å². The highest BCUT2D eigenvalue weighted by atomic mass is 127. The Morgan fingerprint density at radius 1 is 1.29 bits per heavy atom. The number of benzene rings is 1. The quantitative estimate of drug-likeness (QED) is 0.413. The Labute approximate surface area is 161 Å². The van der Waals surface area contributed by atoms with E-state index in [9.17, 15) is 0 Å². The number of nitrogens with zero attached hydrogens (tertiary/aromatic N) is 2. The van der Waals surface area contributed by atoms with E-state index in [2.05, 4.69) is 34.5 Å². The van der Waals surface area contributed by atoms with Gasteiger partial charge in [0, 0.05) is 19.1 Å². The lowest BCUT2D eigenvalue weighted by Gasteiger charge is -2.21. The average Bonchev–Trinajstić information content (AvgIpc) is 3.18. The second-order valence-corrected chi connectivity index (χ2v) is 6.04. The maximum Gasteiger partial charge on any atom is 0.231 e. The number of aliphatic imine (C=N–C) groups is 1. The first-order valence-corrected chi connectivity index (χ1v) is 8.37. The molecule has 1 saturated heterocycles. The van der Waals surface area contributed by atoms with Gasteiger partial charge in [-0.2, -0.15) is 0 Å². The first-order chi connectivity index (χ1) is 11.3. The van der Waals surface area contributed by atoms with Crippen LogP contribution in [-0.4, -0.2) is 50.4 Å². The maximum atomic E-state index is 5.41. The predicted molar refractivity (Wildman–Crippen MR) is 106 cm³/mol. The van der Waals surface area contributed by atoms with Gasteiger partial charge in [0.25, 0.3) is 0 Å². The SMILES string of the molecule is CCNC(=NCc1ccc2c(c1)OCO2)NCC1CCCN1C.I. The number of hydrogen-bond acceptors (Lipinski definition) is 4. The number of hydrogen-bond donors (Lipinski definition) is 2. The van der Waals surface area contributed by atoms with Crippen LogP contribution in [0.3, 0.4) is 0 Å². The number of fused-ring (bicyclic) bond motifs is 1. The van der Waals surface area contributed by atoms with Crippen molar-refractivity contribution >= 4 is 29.9 Å². The van der Waals surface area contributed by atoms with E-state index in [-0.39, 0.29) is 24.0 Å². The molecule has 0 amide bonds. The van der Waals surface area contributed by atoms with Crippen LogP contribution in [0.4, 0.5) is 0 Å². The van der Waals surface area contributed by atoms with Gasteiger partial charge in [-0.25, -0.2) is 4.99 Å². The number of ether oxygens (including phenoxy) is 2. The van der Waals surface area contributed by atoms with Gasteiger partial charge in [0.05, 0.1) is 6.54 Å². The zero-order valence-electron chi connectivity index (χ0n) is 14.4. The van der Waals surface area contributed by atoms with Gasteiger partial charge in [0.15, 0.2) is 17.5 Å². The molecule has 3 rings (SSSR count). The van der Waals surface area contributed by atoms with Gasteiger partial charge >= 0.3 is 0 Å². The third-order valence-electron chi connectivity index (χ3n) is 4.38. The third kappa shape index (κ3) is 4.89. The van der Waals surface area contributed by atoms with Gasteiger partial charge < -0.3 is 25.0 Å². The van der Waals surface area contributed by atoms with E-state index < -0.39 is 0 Å². The van der Waals surface area contributed by atoms with E-state index in [1.165, 1.54) is 19.4 Å². The van der Waals surface area contributed by atoms with Crippen molar-refractivity contribution in [1.29, 1.82) is 0 Å². The van der Waals surface area contributed by atoms with Crippen molar-refractivity contribution in [3.63, 3.8) is 0 Å². The van der Waals surface area contributed by atoms with E-state index in [0.717, 1.165) is 36.1 Å². The van der Waals surface area contributed by atoms with Crippen LogP contribution < -0.4 is 20.1 Å². The Bertz CT molecular complexity index is 568. The van der Waals surface area contributed by atoms with Crippen molar-refractivity contribution in [3.05, 3.63) is 23.8 Å². The summed E-state index contributed by atoms with van der Waals surface area (Å²) in [6.07, 6.45) is 2.54. The largest absolute Gasteiger partial charge is 0.454 e. The molecular formula is C17H27IN4O2. The summed E-state index contributed by atoms with van der Waals surface area (Å²) >= 11 is 0. The number of nitrogens with one attached hydrogen (secondary N) is 2. The van der Waals surface area contributed by atoms with Gasteiger partial charge in [-0.05, 0) is 51.1 Å². The van der Waals surface area contributed by atoms with Gasteiger partial charge in [0.2, 0.25) is 6.79 Å². The van der Waals surface area contributed by atoms with Crippen LogP contribution >= 0.6 is 24.0 Å². The molecule has 0 radical (unpaired) electrons. The van der Waals surface area contributed by atoms with E-state index in [4.69, 9.17) is 9.47 Å². The molecule has 1 atom stereocenters. The lowest BCUT2D eigenvalue weighted by atomic mass is 10.2. The Morgan fingerprint density at radius 3 is 2.88 bits per heavy atom. The van der Waals surface area contributed by atoms with Crippen LogP contribution in [0, 0.1) is 0 Å². The molecule has 6 nitrogen and oxygen atoms in total. The molecule has 0 bridgehead atoms. The topological polar surface area (TPSA) is 58.1 Å². The number of halogens is 1. The molecule has 1 aromatic carbocycles. The maximum absolute atomic E-state index is 5.41. The molecule has 1 unspecified atom stereocenters. The summed E-state index contributed by atoms with van der Waals surface area (Å²) < 4.78 is 10.7. The van der Waals surface area contributed by atoms with Crippen LogP contribution in [0.2, 0.25) is 0 Å². The second kappa shape index (κ2) is 9.31.